The van der Waals surface area contributed by atoms with Crippen LogP contribution in [0.1, 0.15) is 0 Å². The van der Waals surface area contributed by atoms with Crippen molar-refractivity contribution in [3.05, 3.63) is 33.0 Å². The monoisotopic (exact) mass is 245 g/mol. The van der Waals surface area contributed by atoms with E-state index in [1.807, 2.05) is 7.05 Å². The first-order valence-electron chi connectivity index (χ1n) is 5.37. The summed E-state index contributed by atoms with van der Waals surface area (Å²) in [7, 11) is 3.27. The van der Waals surface area contributed by atoms with Crippen LogP contribution in [0.2, 0.25) is 0 Å². The Morgan fingerprint density at radius 1 is 1.22 bits per heavy atom. The van der Waals surface area contributed by atoms with Gasteiger partial charge >= 0.3 is 5.69 Å². The SMILES string of the molecule is CN1NC=Nc2cc3c(=O)n(C)c(=O)[nH]c3cc21. The Morgan fingerprint density at radius 2 is 2.00 bits per heavy atom. The normalized spacial score (nSPS) is 13.6. The fourth-order valence-corrected chi connectivity index (χ4v) is 1.96. The van der Waals surface area contributed by atoms with Gasteiger partial charge in [-0.05, 0) is 12.1 Å². The molecule has 0 amide bonds. The third-order valence-corrected chi connectivity index (χ3v) is 3.01. The van der Waals surface area contributed by atoms with Crippen LogP contribution in [0.25, 0.3) is 10.9 Å². The van der Waals surface area contributed by atoms with Gasteiger partial charge in [0.15, 0.2) is 0 Å². The van der Waals surface area contributed by atoms with Crippen molar-refractivity contribution in [3.63, 3.8) is 0 Å². The molecule has 1 aromatic heterocycles. The topological polar surface area (TPSA) is 82.5 Å². The van der Waals surface area contributed by atoms with Crippen molar-refractivity contribution in [3.8, 4) is 0 Å². The lowest BCUT2D eigenvalue weighted by Gasteiger charge is -2.24. The summed E-state index contributed by atoms with van der Waals surface area (Å²) in [6.07, 6.45) is 1.55. The van der Waals surface area contributed by atoms with E-state index >= 15 is 0 Å². The first kappa shape index (κ1) is 10.6. The lowest BCUT2D eigenvalue weighted by molar-refractivity contribution is 0.793. The highest BCUT2D eigenvalue weighted by atomic mass is 16.2. The van der Waals surface area contributed by atoms with Crippen molar-refractivity contribution in [2.24, 2.45) is 12.0 Å². The molecule has 2 heterocycles. The van der Waals surface area contributed by atoms with Crippen molar-refractivity contribution < 1.29 is 0 Å². The molecule has 1 aliphatic rings. The van der Waals surface area contributed by atoms with Crippen LogP contribution in [-0.4, -0.2) is 22.9 Å². The van der Waals surface area contributed by atoms with Gasteiger partial charge in [0.25, 0.3) is 5.56 Å². The molecule has 1 aliphatic heterocycles. The van der Waals surface area contributed by atoms with Crippen LogP contribution in [0.5, 0.6) is 0 Å². The standard InChI is InChI=1S/C11H11N5O2/c1-15-10(17)6-3-8-9(16(2)13-5-12-8)4-7(6)14-11(15)18/h3-5H,1-2H3,(H,12,13)(H,14,18). The largest absolute Gasteiger partial charge is 0.328 e. The van der Waals surface area contributed by atoms with Crippen LogP contribution in [0.3, 0.4) is 0 Å². The van der Waals surface area contributed by atoms with E-state index in [1.54, 1.807) is 23.5 Å². The number of nitrogens with one attached hydrogen (secondary N) is 2. The highest BCUT2D eigenvalue weighted by Crippen LogP contribution is 2.31. The lowest BCUT2D eigenvalue weighted by Crippen LogP contribution is -2.36. The molecule has 7 heteroatoms. The van der Waals surface area contributed by atoms with Crippen molar-refractivity contribution in [1.29, 1.82) is 0 Å². The summed E-state index contributed by atoms with van der Waals surface area (Å²) < 4.78 is 1.04. The number of fused-ring (bicyclic) bond motifs is 2. The summed E-state index contributed by atoms with van der Waals surface area (Å²) in [6.45, 7) is 0. The summed E-state index contributed by atoms with van der Waals surface area (Å²) in [5, 5.41) is 2.21. The van der Waals surface area contributed by atoms with E-state index in [1.165, 1.54) is 7.05 Å². The first-order valence-corrected chi connectivity index (χ1v) is 5.37. The van der Waals surface area contributed by atoms with Gasteiger partial charge in [0.05, 0.1) is 22.3 Å². The van der Waals surface area contributed by atoms with Gasteiger partial charge in [-0.2, -0.15) is 0 Å². The van der Waals surface area contributed by atoms with E-state index in [-0.39, 0.29) is 5.56 Å². The van der Waals surface area contributed by atoms with E-state index in [2.05, 4.69) is 15.4 Å². The Balaban J connectivity index is 2.46. The fourth-order valence-electron chi connectivity index (χ4n) is 1.96. The Kier molecular flexibility index (Phi) is 2.03. The zero-order chi connectivity index (χ0) is 12.9. The maximum atomic E-state index is 12.0. The smallest absolute Gasteiger partial charge is 0.307 e. The summed E-state index contributed by atoms with van der Waals surface area (Å²) in [5.74, 6) is 0. The minimum atomic E-state index is -0.428. The summed E-state index contributed by atoms with van der Waals surface area (Å²) in [4.78, 5) is 30.4. The molecule has 0 unspecified atom stereocenters. The molecule has 2 aromatic rings. The van der Waals surface area contributed by atoms with E-state index in [4.69, 9.17) is 0 Å². The fraction of sp³-hybridized carbons (Fsp3) is 0.182. The van der Waals surface area contributed by atoms with Gasteiger partial charge < -0.3 is 4.98 Å². The number of hydrogen-bond donors (Lipinski definition) is 2. The van der Waals surface area contributed by atoms with Gasteiger partial charge in [-0.1, -0.05) is 0 Å². The number of hydrazine groups is 1. The van der Waals surface area contributed by atoms with Crippen LogP contribution < -0.4 is 21.7 Å². The van der Waals surface area contributed by atoms with Crippen LogP contribution in [0.4, 0.5) is 11.4 Å². The number of aromatic amines is 1. The predicted octanol–water partition coefficient (Wildman–Crippen LogP) is -0.159. The van der Waals surface area contributed by atoms with E-state index in [9.17, 15) is 9.59 Å². The molecule has 0 fully saturated rings. The Hall–Kier alpha value is -2.57. The molecule has 0 spiro atoms. The molecule has 0 aliphatic carbocycles. The molecule has 3 rings (SSSR count). The number of anilines is 1. The van der Waals surface area contributed by atoms with Gasteiger partial charge in [-0.15, -0.1) is 0 Å². The summed E-state index contributed by atoms with van der Waals surface area (Å²) in [6, 6.07) is 3.41. The Labute approximate surface area is 101 Å². The number of benzene rings is 1. The van der Waals surface area contributed by atoms with Gasteiger partial charge in [0.2, 0.25) is 0 Å². The average Bonchev–Trinajstić information content (AvgIpc) is 2.36. The second kappa shape index (κ2) is 3.46. The zero-order valence-corrected chi connectivity index (χ0v) is 9.89. The molecular weight excluding hydrogens is 234 g/mol. The number of nitrogens with zero attached hydrogens (tertiary/aromatic N) is 3. The molecule has 0 saturated carbocycles. The molecule has 92 valence electrons. The second-order valence-electron chi connectivity index (χ2n) is 4.13. The number of hydrogen-bond acceptors (Lipinski definition) is 5. The van der Waals surface area contributed by atoms with Crippen LogP contribution in [-0.2, 0) is 7.05 Å². The number of aromatic nitrogens is 2. The van der Waals surface area contributed by atoms with Crippen molar-refractivity contribution in [1.82, 2.24) is 15.0 Å². The van der Waals surface area contributed by atoms with Crippen LogP contribution in [0.15, 0.2) is 26.7 Å². The van der Waals surface area contributed by atoms with Crippen molar-refractivity contribution in [2.45, 2.75) is 0 Å². The minimum Gasteiger partial charge on any atom is -0.307 e. The van der Waals surface area contributed by atoms with Crippen LogP contribution >= 0.6 is 0 Å². The molecule has 2 N–H and O–H groups in total. The van der Waals surface area contributed by atoms with Gasteiger partial charge in [0.1, 0.15) is 6.34 Å². The molecule has 0 atom stereocenters. The summed E-state index contributed by atoms with van der Waals surface area (Å²) in [5.41, 5.74) is 4.15. The van der Waals surface area contributed by atoms with E-state index in [0.717, 1.165) is 10.3 Å². The van der Waals surface area contributed by atoms with Gasteiger partial charge in [-0.3, -0.25) is 19.8 Å². The number of aliphatic imine (C=N–C) groups is 1. The average molecular weight is 245 g/mol. The molecule has 0 saturated heterocycles. The second-order valence-corrected chi connectivity index (χ2v) is 4.13. The van der Waals surface area contributed by atoms with E-state index in [0.29, 0.717) is 16.6 Å². The molecule has 1 aromatic carbocycles. The Bertz CT molecular complexity index is 786. The third kappa shape index (κ3) is 1.33. The highest BCUT2D eigenvalue weighted by molar-refractivity contribution is 5.91. The molecule has 18 heavy (non-hydrogen) atoms. The maximum absolute atomic E-state index is 12.0. The highest BCUT2D eigenvalue weighted by Gasteiger charge is 2.14. The first-order chi connectivity index (χ1) is 8.58. The molecule has 0 bridgehead atoms. The van der Waals surface area contributed by atoms with Crippen LogP contribution in [0, 0.1) is 0 Å². The molecule has 7 nitrogen and oxygen atoms in total. The Morgan fingerprint density at radius 3 is 2.78 bits per heavy atom. The quantitative estimate of drug-likeness (QED) is 0.675. The van der Waals surface area contributed by atoms with E-state index < -0.39 is 5.69 Å². The van der Waals surface area contributed by atoms with Gasteiger partial charge in [-0.25, -0.2) is 9.79 Å². The number of H-pyrrole nitrogens is 1. The van der Waals surface area contributed by atoms with Gasteiger partial charge in [0, 0.05) is 14.1 Å². The van der Waals surface area contributed by atoms with Crippen molar-refractivity contribution in [2.75, 3.05) is 12.1 Å². The van der Waals surface area contributed by atoms with Crippen molar-refractivity contribution >= 4 is 28.6 Å². The lowest BCUT2D eigenvalue weighted by atomic mass is 10.2. The maximum Gasteiger partial charge on any atom is 0.328 e. The number of rotatable bonds is 0. The third-order valence-electron chi connectivity index (χ3n) is 3.01. The summed E-state index contributed by atoms with van der Waals surface area (Å²) >= 11 is 0. The molecule has 0 radical (unpaired) electrons. The predicted molar refractivity (Wildman–Crippen MR) is 69.5 cm³/mol. The zero-order valence-electron chi connectivity index (χ0n) is 9.89. The minimum absolute atomic E-state index is 0.326. The molecular formula is C11H11N5O2.